The van der Waals surface area contributed by atoms with Crippen LogP contribution in [0.1, 0.15) is 16.2 Å². The van der Waals surface area contributed by atoms with Gasteiger partial charge in [0, 0.05) is 4.47 Å². The van der Waals surface area contributed by atoms with Gasteiger partial charge in [0.05, 0.1) is 12.7 Å². The molecule has 18 heavy (non-hydrogen) atoms. The summed E-state index contributed by atoms with van der Waals surface area (Å²) in [5.74, 6) is 0.685. The van der Waals surface area contributed by atoms with Crippen LogP contribution in [0.25, 0.3) is 0 Å². The summed E-state index contributed by atoms with van der Waals surface area (Å²) in [5.41, 5.74) is 0.421. The van der Waals surface area contributed by atoms with E-state index in [0.717, 1.165) is 0 Å². The Balaban J connectivity index is 2.23. The van der Waals surface area contributed by atoms with Gasteiger partial charge in [-0.2, -0.15) is 4.98 Å². The van der Waals surface area contributed by atoms with Crippen molar-refractivity contribution in [3.63, 3.8) is 0 Å². The fourth-order valence-corrected chi connectivity index (χ4v) is 1.74. The van der Waals surface area contributed by atoms with E-state index in [0.29, 0.717) is 21.6 Å². The lowest BCUT2D eigenvalue weighted by Gasteiger charge is -2.05. The molecule has 0 bridgehead atoms. The lowest BCUT2D eigenvalue weighted by Crippen LogP contribution is -2.13. The number of rotatable bonds is 3. The molecule has 0 unspecified atom stereocenters. The predicted octanol–water partition coefficient (Wildman–Crippen LogP) is 2.40. The molecule has 0 radical (unpaired) electrons. The Morgan fingerprint density at radius 2 is 2.28 bits per heavy atom. The average molecular weight is 312 g/mol. The fourth-order valence-electron chi connectivity index (χ4n) is 1.32. The normalized spacial score (nSPS) is 10.2. The number of methoxy groups -OCH3 is 1. The van der Waals surface area contributed by atoms with E-state index in [2.05, 4.69) is 31.4 Å². The summed E-state index contributed by atoms with van der Waals surface area (Å²) < 4.78 is 10.5. The zero-order chi connectivity index (χ0) is 13.1. The van der Waals surface area contributed by atoms with Gasteiger partial charge in [0.15, 0.2) is 5.82 Å². The SMILES string of the molecule is COc1ccc(Br)c(C(=O)Nc2nc(C)no2)c1. The first-order valence-electron chi connectivity index (χ1n) is 5.05. The molecule has 0 atom stereocenters. The Morgan fingerprint density at radius 3 is 2.89 bits per heavy atom. The number of aromatic nitrogens is 2. The van der Waals surface area contributed by atoms with Gasteiger partial charge in [-0.25, -0.2) is 0 Å². The molecule has 1 heterocycles. The van der Waals surface area contributed by atoms with Crippen LogP contribution in [-0.4, -0.2) is 23.2 Å². The van der Waals surface area contributed by atoms with Gasteiger partial charge in [-0.3, -0.25) is 10.1 Å². The summed E-state index contributed by atoms with van der Waals surface area (Å²) in [5, 5.41) is 6.09. The minimum Gasteiger partial charge on any atom is -0.497 e. The van der Waals surface area contributed by atoms with E-state index in [9.17, 15) is 4.79 Å². The quantitative estimate of drug-likeness (QED) is 0.941. The van der Waals surface area contributed by atoms with E-state index in [-0.39, 0.29) is 11.9 Å². The average Bonchev–Trinajstić information content (AvgIpc) is 2.75. The smallest absolute Gasteiger partial charge is 0.328 e. The number of aryl methyl sites for hydroxylation is 1. The van der Waals surface area contributed by atoms with E-state index in [1.807, 2.05) is 0 Å². The molecule has 1 N–H and O–H groups in total. The molecule has 0 aliphatic carbocycles. The van der Waals surface area contributed by atoms with Gasteiger partial charge in [0.1, 0.15) is 5.75 Å². The van der Waals surface area contributed by atoms with Crippen molar-refractivity contribution in [1.29, 1.82) is 0 Å². The molecule has 0 fully saturated rings. The topological polar surface area (TPSA) is 77.2 Å². The van der Waals surface area contributed by atoms with Gasteiger partial charge in [0.25, 0.3) is 5.91 Å². The Kier molecular flexibility index (Phi) is 3.61. The molecular weight excluding hydrogens is 302 g/mol. The summed E-state index contributed by atoms with van der Waals surface area (Å²) in [6.07, 6.45) is 0. The molecule has 0 spiro atoms. The third kappa shape index (κ3) is 2.67. The van der Waals surface area contributed by atoms with Crippen molar-refractivity contribution >= 4 is 27.9 Å². The number of nitrogens with zero attached hydrogens (tertiary/aromatic N) is 2. The lowest BCUT2D eigenvalue weighted by atomic mass is 10.2. The van der Waals surface area contributed by atoms with E-state index >= 15 is 0 Å². The number of ether oxygens (including phenoxy) is 1. The summed E-state index contributed by atoms with van der Waals surface area (Å²) in [6.45, 7) is 1.67. The largest absolute Gasteiger partial charge is 0.497 e. The predicted molar refractivity (Wildman–Crippen MR) is 67.7 cm³/mol. The number of benzene rings is 1. The number of amides is 1. The minimum atomic E-state index is -0.357. The second kappa shape index (κ2) is 5.18. The summed E-state index contributed by atoms with van der Waals surface area (Å²) in [6, 6.07) is 5.15. The zero-order valence-corrected chi connectivity index (χ0v) is 11.3. The summed E-state index contributed by atoms with van der Waals surface area (Å²) in [7, 11) is 1.53. The number of carbonyl (C=O) groups excluding carboxylic acids is 1. The first-order valence-corrected chi connectivity index (χ1v) is 5.84. The standard InChI is InChI=1S/C11H10BrN3O3/c1-6-13-11(18-15-6)14-10(16)8-5-7(17-2)3-4-9(8)12/h3-5H,1-2H3,(H,13,14,15,16). The molecule has 2 rings (SSSR count). The Bertz CT molecular complexity index is 583. The molecule has 94 valence electrons. The molecule has 0 aliphatic rings. The molecule has 0 saturated carbocycles. The van der Waals surface area contributed by atoms with Gasteiger partial charge >= 0.3 is 6.01 Å². The van der Waals surface area contributed by atoms with Crippen LogP contribution in [-0.2, 0) is 0 Å². The van der Waals surface area contributed by atoms with E-state index in [4.69, 9.17) is 9.26 Å². The van der Waals surface area contributed by atoms with Crippen molar-refractivity contribution in [3.05, 3.63) is 34.1 Å². The molecular formula is C11H10BrN3O3. The second-order valence-electron chi connectivity index (χ2n) is 3.45. The van der Waals surface area contributed by atoms with Gasteiger partial charge in [-0.05, 0) is 41.1 Å². The Hall–Kier alpha value is -1.89. The summed E-state index contributed by atoms with van der Waals surface area (Å²) in [4.78, 5) is 15.9. The zero-order valence-electron chi connectivity index (χ0n) is 9.73. The van der Waals surface area contributed by atoms with Crippen molar-refractivity contribution in [1.82, 2.24) is 10.1 Å². The van der Waals surface area contributed by atoms with Crippen molar-refractivity contribution in [2.24, 2.45) is 0 Å². The Labute approximate surface area is 111 Å². The third-order valence-electron chi connectivity index (χ3n) is 2.17. The third-order valence-corrected chi connectivity index (χ3v) is 2.86. The van der Waals surface area contributed by atoms with Gasteiger partial charge in [-0.1, -0.05) is 5.16 Å². The maximum atomic E-state index is 12.0. The first kappa shape index (κ1) is 12.6. The molecule has 1 amide bonds. The second-order valence-corrected chi connectivity index (χ2v) is 4.30. The van der Waals surface area contributed by atoms with Gasteiger partial charge in [-0.15, -0.1) is 0 Å². The van der Waals surface area contributed by atoms with Crippen LogP contribution in [0.4, 0.5) is 6.01 Å². The molecule has 0 aliphatic heterocycles. The highest BCUT2D eigenvalue weighted by Crippen LogP contribution is 2.23. The lowest BCUT2D eigenvalue weighted by molar-refractivity contribution is 0.102. The van der Waals surface area contributed by atoms with Crippen LogP contribution in [0.5, 0.6) is 5.75 Å². The first-order chi connectivity index (χ1) is 8.60. The number of nitrogens with one attached hydrogen (secondary N) is 1. The van der Waals surface area contributed by atoms with Gasteiger partial charge < -0.3 is 9.26 Å². The van der Waals surface area contributed by atoms with Crippen LogP contribution in [0, 0.1) is 6.92 Å². The van der Waals surface area contributed by atoms with Crippen LogP contribution in [0.15, 0.2) is 27.2 Å². The van der Waals surface area contributed by atoms with E-state index < -0.39 is 0 Å². The summed E-state index contributed by atoms with van der Waals surface area (Å²) >= 11 is 3.30. The minimum absolute atomic E-state index is 0.0622. The monoisotopic (exact) mass is 311 g/mol. The van der Waals surface area contributed by atoms with Gasteiger partial charge in [0.2, 0.25) is 0 Å². The number of carbonyl (C=O) groups is 1. The van der Waals surface area contributed by atoms with Crippen molar-refractivity contribution in [3.8, 4) is 5.75 Å². The molecule has 1 aromatic heterocycles. The maximum absolute atomic E-state index is 12.0. The van der Waals surface area contributed by atoms with Crippen LogP contribution in [0.3, 0.4) is 0 Å². The van der Waals surface area contributed by atoms with Crippen molar-refractivity contribution in [2.75, 3.05) is 12.4 Å². The Morgan fingerprint density at radius 1 is 1.50 bits per heavy atom. The number of anilines is 1. The number of hydrogen-bond donors (Lipinski definition) is 1. The highest BCUT2D eigenvalue weighted by molar-refractivity contribution is 9.10. The van der Waals surface area contributed by atoms with Crippen molar-refractivity contribution in [2.45, 2.75) is 6.92 Å². The molecule has 1 aromatic carbocycles. The van der Waals surface area contributed by atoms with E-state index in [1.54, 1.807) is 25.1 Å². The van der Waals surface area contributed by atoms with Crippen molar-refractivity contribution < 1.29 is 14.1 Å². The van der Waals surface area contributed by atoms with Crippen LogP contribution >= 0.6 is 15.9 Å². The molecule has 0 saturated heterocycles. The van der Waals surface area contributed by atoms with Crippen LogP contribution in [0.2, 0.25) is 0 Å². The fraction of sp³-hybridized carbons (Fsp3) is 0.182. The number of hydrogen-bond acceptors (Lipinski definition) is 5. The van der Waals surface area contributed by atoms with Crippen LogP contribution < -0.4 is 10.1 Å². The maximum Gasteiger partial charge on any atom is 0.328 e. The highest BCUT2D eigenvalue weighted by Gasteiger charge is 2.14. The molecule has 2 aromatic rings. The molecule has 6 nitrogen and oxygen atoms in total. The van der Waals surface area contributed by atoms with E-state index in [1.165, 1.54) is 7.11 Å². The highest BCUT2D eigenvalue weighted by atomic mass is 79.9. The number of halogens is 1. The molecule has 7 heteroatoms.